The van der Waals surface area contributed by atoms with Crippen LogP contribution >= 0.6 is 7.60 Å². The first kappa shape index (κ1) is 19.7. The second kappa shape index (κ2) is 7.04. The molecule has 0 saturated carbocycles. The number of halogens is 1. The van der Waals surface area contributed by atoms with E-state index in [-0.39, 0.29) is 34.5 Å². The number of ether oxygens (including phenoxy) is 1. The molecule has 2 bridgehead atoms. The molecule has 0 radical (unpaired) electrons. The maximum atomic E-state index is 13.9. The van der Waals surface area contributed by atoms with Crippen molar-refractivity contribution in [3.05, 3.63) is 47.5 Å². The lowest BCUT2D eigenvalue weighted by molar-refractivity contribution is 0.223. The van der Waals surface area contributed by atoms with E-state index in [0.717, 1.165) is 0 Å². The predicted octanol–water partition coefficient (Wildman–Crippen LogP) is 3.81. The first-order valence-electron chi connectivity index (χ1n) is 8.84. The van der Waals surface area contributed by atoms with E-state index in [1.165, 1.54) is 35.7 Å². The summed E-state index contributed by atoms with van der Waals surface area (Å²) in [5.41, 5.74) is 7.13. The Morgan fingerprint density at radius 1 is 1.30 bits per heavy atom. The monoisotopic (exact) mass is 429 g/mol. The van der Waals surface area contributed by atoms with E-state index in [2.05, 4.69) is 10.1 Å². The molecule has 30 heavy (non-hydrogen) atoms. The molecule has 0 amide bonds. The van der Waals surface area contributed by atoms with Gasteiger partial charge in [0.25, 0.3) is 5.88 Å². The van der Waals surface area contributed by atoms with E-state index in [1.807, 2.05) is 6.07 Å². The Balaban J connectivity index is 1.98. The Bertz CT molecular complexity index is 1250. The van der Waals surface area contributed by atoms with Crippen molar-refractivity contribution >= 4 is 13.4 Å². The highest BCUT2D eigenvalue weighted by atomic mass is 31.2. The summed E-state index contributed by atoms with van der Waals surface area (Å²) in [5.74, 6) is -0.148. The summed E-state index contributed by atoms with van der Waals surface area (Å²) in [6.45, 7) is 2.92. The minimum atomic E-state index is -3.78. The molecule has 3 heterocycles. The van der Waals surface area contributed by atoms with Gasteiger partial charge in [-0.1, -0.05) is 0 Å². The van der Waals surface area contributed by atoms with Crippen molar-refractivity contribution in [2.24, 2.45) is 7.05 Å². The number of nitriles is 1. The molecular weight excluding hydrogens is 412 g/mol. The van der Waals surface area contributed by atoms with Crippen LogP contribution in [-0.2, 0) is 11.6 Å². The Morgan fingerprint density at radius 2 is 2.07 bits per heavy atom. The minimum Gasteiger partial charge on any atom is -0.482 e. The average Bonchev–Trinajstić information content (AvgIpc) is 2.98. The van der Waals surface area contributed by atoms with Crippen molar-refractivity contribution < 1.29 is 22.7 Å². The molecule has 0 fully saturated rings. The smallest absolute Gasteiger partial charge is 0.428 e. The number of nitrogen functional groups attached to an aromatic ring is 1. The van der Waals surface area contributed by atoms with Crippen LogP contribution in [0.2, 0.25) is 0 Å². The number of pyridine rings is 1. The number of aryl methyl sites for hydroxylation is 1. The van der Waals surface area contributed by atoms with E-state index < -0.39 is 19.5 Å². The summed E-state index contributed by atoms with van der Waals surface area (Å²) in [4.78, 5) is 4.13. The molecule has 1 unspecified atom stereocenters. The third-order valence-corrected chi connectivity index (χ3v) is 5.55. The zero-order valence-corrected chi connectivity index (χ0v) is 17.2. The molecule has 1 aliphatic rings. The topological polar surface area (TPSA) is 125 Å². The van der Waals surface area contributed by atoms with Gasteiger partial charge in [-0.2, -0.15) is 5.26 Å². The number of hydrogen-bond acceptors (Lipinski definition) is 8. The molecule has 1 aliphatic heterocycles. The quantitative estimate of drug-likeness (QED) is 0.535. The Kier molecular flexibility index (Phi) is 4.63. The standard InChI is InChI=1S/C19H17FN5O4P/c1-10-13-7-12(20)4-5-15(13)28-30(3,26)29-19-17(14(8-21)25(2)24-19)11-6-16(27-10)18(22)23-9-11/h4-7,9-10H,1-3H3,(H2,22,23)/t10-,30?/m1/s1. The molecule has 0 spiro atoms. The summed E-state index contributed by atoms with van der Waals surface area (Å²) in [5, 5.41) is 13.8. The van der Waals surface area contributed by atoms with Gasteiger partial charge in [-0.3, -0.25) is 4.68 Å². The zero-order valence-electron chi connectivity index (χ0n) is 16.3. The number of nitrogens with two attached hydrogens (primary N) is 1. The van der Waals surface area contributed by atoms with Gasteiger partial charge in [-0.25, -0.2) is 13.9 Å². The van der Waals surface area contributed by atoms with Gasteiger partial charge >= 0.3 is 7.60 Å². The number of benzene rings is 1. The Hall–Kier alpha value is -3.57. The van der Waals surface area contributed by atoms with Gasteiger partial charge in [0.05, 0.1) is 12.2 Å². The number of anilines is 1. The van der Waals surface area contributed by atoms with Gasteiger partial charge in [0, 0.05) is 24.4 Å². The molecule has 2 atom stereocenters. The maximum Gasteiger partial charge on any atom is 0.428 e. The largest absolute Gasteiger partial charge is 0.482 e. The molecule has 3 aromatic rings. The predicted molar refractivity (Wildman–Crippen MR) is 106 cm³/mol. The van der Waals surface area contributed by atoms with E-state index in [4.69, 9.17) is 19.5 Å². The SMILES string of the molecule is C[C@H]1Oc2cc(cnc2N)-c2c(nn(C)c2C#N)OP(C)(=O)Oc2ccc(F)cc21. The molecule has 2 aromatic heterocycles. The molecule has 1 aromatic carbocycles. The van der Waals surface area contributed by atoms with Crippen LogP contribution in [0.25, 0.3) is 11.1 Å². The third-order valence-electron chi connectivity index (χ3n) is 4.52. The molecule has 11 heteroatoms. The fourth-order valence-electron chi connectivity index (χ4n) is 3.17. The Labute approximate surface area is 171 Å². The van der Waals surface area contributed by atoms with Gasteiger partial charge in [0.15, 0.2) is 11.6 Å². The number of fused-ring (bicyclic) bond motifs is 5. The van der Waals surface area contributed by atoms with Gasteiger partial charge < -0.3 is 19.5 Å². The summed E-state index contributed by atoms with van der Waals surface area (Å²) in [6, 6.07) is 7.36. The van der Waals surface area contributed by atoms with E-state index in [0.29, 0.717) is 11.1 Å². The van der Waals surface area contributed by atoms with Crippen LogP contribution in [0.15, 0.2) is 30.5 Å². The molecule has 0 aliphatic carbocycles. The Morgan fingerprint density at radius 3 is 2.80 bits per heavy atom. The number of aromatic nitrogens is 3. The highest BCUT2D eigenvalue weighted by molar-refractivity contribution is 7.53. The lowest BCUT2D eigenvalue weighted by Gasteiger charge is -2.23. The van der Waals surface area contributed by atoms with Crippen LogP contribution in [-0.4, -0.2) is 21.4 Å². The van der Waals surface area contributed by atoms with Crippen molar-refractivity contribution in [2.45, 2.75) is 13.0 Å². The van der Waals surface area contributed by atoms with Crippen molar-refractivity contribution in [3.63, 3.8) is 0 Å². The number of hydrogen-bond donors (Lipinski definition) is 1. The van der Waals surface area contributed by atoms with Crippen LogP contribution in [0, 0.1) is 17.1 Å². The van der Waals surface area contributed by atoms with Crippen LogP contribution < -0.4 is 19.5 Å². The van der Waals surface area contributed by atoms with Gasteiger partial charge in [-0.05, 0) is 31.2 Å². The van der Waals surface area contributed by atoms with E-state index in [1.54, 1.807) is 20.0 Å². The van der Waals surface area contributed by atoms with Crippen molar-refractivity contribution in [1.29, 1.82) is 5.26 Å². The van der Waals surface area contributed by atoms with Gasteiger partial charge in [0.2, 0.25) is 0 Å². The third kappa shape index (κ3) is 3.44. The molecular formula is C19H17FN5O4P. The number of nitrogens with zero attached hydrogens (tertiary/aromatic N) is 4. The lowest BCUT2D eigenvalue weighted by atomic mass is 10.1. The minimum absolute atomic E-state index is 0.0744. The fraction of sp³-hybridized carbons (Fsp3) is 0.211. The van der Waals surface area contributed by atoms with Crippen LogP contribution in [0.1, 0.15) is 24.3 Å². The van der Waals surface area contributed by atoms with E-state index in [9.17, 15) is 14.2 Å². The molecule has 2 N–H and O–H groups in total. The first-order chi connectivity index (χ1) is 14.2. The van der Waals surface area contributed by atoms with Crippen LogP contribution in [0.4, 0.5) is 10.2 Å². The van der Waals surface area contributed by atoms with Crippen LogP contribution in [0.5, 0.6) is 17.4 Å². The van der Waals surface area contributed by atoms with Crippen LogP contribution in [0.3, 0.4) is 0 Å². The highest BCUT2D eigenvalue weighted by Crippen LogP contribution is 2.50. The average molecular weight is 429 g/mol. The molecule has 9 nitrogen and oxygen atoms in total. The molecule has 0 saturated heterocycles. The van der Waals surface area contributed by atoms with E-state index >= 15 is 0 Å². The first-order valence-corrected chi connectivity index (χ1v) is 10.8. The summed E-state index contributed by atoms with van der Waals surface area (Å²) in [7, 11) is -2.23. The second-order valence-electron chi connectivity index (χ2n) is 6.77. The molecule has 4 rings (SSSR count). The van der Waals surface area contributed by atoms with Gasteiger partial charge in [0.1, 0.15) is 29.4 Å². The lowest BCUT2D eigenvalue weighted by Crippen LogP contribution is -2.10. The summed E-state index contributed by atoms with van der Waals surface area (Å²) in [6.07, 6.45) is 0.705. The van der Waals surface area contributed by atoms with Crippen molar-refractivity contribution in [3.8, 4) is 34.6 Å². The maximum absolute atomic E-state index is 13.9. The number of rotatable bonds is 0. The van der Waals surface area contributed by atoms with Gasteiger partial charge in [-0.15, -0.1) is 5.10 Å². The fourth-order valence-corrected chi connectivity index (χ4v) is 4.17. The summed E-state index contributed by atoms with van der Waals surface area (Å²) < 4.78 is 45.5. The van der Waals surface area contributed by atoms with Crippen molar-refractivity contribution in [1.82, 2.24) is 14.8 Å². The highest BCUT2D eigenvalue weighted by Gasteiger charge is 2.31. The normalized spacial score (nSPS) is 20.2. The van der Waals surface area contributed by atoms with Crippen molar-refractivity contribution in [2.75, 3.05) is 12.4 Å². The summed E-state index contributed by atoms with van der Waals surface area (Å²) >= 11 is 0. The molecule has 154 valence electrons. The zero-order chi connectivity index (χ0) is 21.6. The second-order valence-corrected chi connectivity index (χ2v) is 8.68.